The van der Waals surface area contributed by atoms with Gasteiger partial charge in [-0.2, -0.15) is 0 Å². The van der Waals surface area contributed by atoms with Gasteiger partial charge in [0.1, 0.15) is 11.9 Å². The van der Waals surface area contributed by atoms with E-state index < -0.39 is 0 Å². The lowest BCUT2D eigenvalue weighted by atomic mass is 9.97. The average molecular weight is 287 g/mol. The van der Waals surface area contributed by atoms with Gasteiger partial charge in [0.2, 0.25) is 0 Å². The number of nitrogens with two attached hydrogens (primary N) is 1. The quantitative estimate of drug-likeness (QED) is 0.604. The molecule has 2 atom stereocenters. The zero-order valence-electron chi connectivity index (χ0n) is 12.3. The molecule has 21 heavy (non-hydrogen) atoms. The third-order valence-corrected chi connectivity index (χ3v) is 3.29. The number of pyridine rings is 1. The lowest BCUT2D eigenvalue weighted by molar-refractivity contribution is 0.0325. The Kier molecular flexibility index (Phi) is 5.68. The summed E-state index contributed by atoms with van der Waals surface area (Å²) >= 11 is 0. The summed E-state index contributed by atoms with van der Waals surface area (Å²) < 4.78 is 11.1. The number of ether oxygens (including phenoxy) is 2. The fraction of sp³-hybridized carbons (Fsp3) is 0.312. The van der Waals surface area contributed by atoms with E-state index in [4.69, 9.17) is 15.3 Å². The van der Waals surface area contributed by atoms with Gasteiger partial charge < -0.3 is 9.47 Å². The molecule has 1 aromatic heterocycles. The standard InChI is InChI=1S/C16H21N3O2/c1-3-21-16(12-7-5-4-6-8-12)15(19-17)13-9-14(20-2)11-18-10-13/h4-11,15-16,19H,3,17H2,1-2H3. The second kappa shape index (κ2) is 7.73. The predicted octanol–water partition coefficient (Wildman–Crippen LogP) is 2.37. The summed E-state index contributed by atoms with van der Waals surface area (Å²) in [5, 5.41) is 0. The Labute approximate surface area is 125 Å². The molecule has 5 heteroatoms. The number of rotatable bonds is 7. The van der Waals surface area contributed by atoms with Crippen molar-refractivity contribution in [3.63, 3.8) is 0 Å². The summed E-state index contributed by atoms with van der Waals surface area (Å²) in [4.78, 5) is 4.18. The van der Waals surface area contributed by atoms with Crippen LogP contribution in [0.5, 0.6) is 5.75 Å². The van der Waals surface area contributed by atoms with E-state index in [-0.39, 0.29) is 12.1 Å². The Morgan fingerprint density at radius 2 is 1.95 bits per heavy atom. The number of hydrogen-bond donors (Lipinski definition) is 2. The van der Waals surface area contributed by atoms with Gasteiger partial charge in [-0.3, -0.25) is 10.8 Å². The molecule has 0 fully saturated rings. The van der Waals surface area contributed by atoms with Gasteiger partial charge in [0, 0.05) is 12.8 Å². The van der Waals surface area contributed by atoms with Crippen molar-refractivity contribution in [2.75, 3.05) is 13.7 Å². The molecule has 0 radical (unpaired) electrons. The molecule has 0 amide bonds. The molecule has 2 unspecified atom stereocenters. The maximum atomic E-state index is 5.90. The van der Waals surface area contributed by atoms with Crippen LogP contribution in [-0.2, 0) is 4.74 Å². The fourth-order valence-electron chi connectivity index (χ4n) is 2.28. The smallest absolute Gasteiger partial charge is 0.137 e. The minimum absolute atomic E-state index is 0.199. The van der Waals surface area contributed by atoms with Gasteiger partial charge in [0.15, 0.2) is 0 Å². The zero-order valence-corrected chi connectivity index (χ0v) is 12.3. The number of hydrogen-bond acceptors (Lipinski definition) is 5. The maximum absolute atomic E-state index is 5.90. The van der Waals surface area contributed by atoms with Crippen LogP contribution in [0.25, 0.3) is 0 Å². The highest BCUT2D eigenvalue weighted by Gasteiger charge is 2.25. The molecule has 0 bridgehead atoms. The van der Waals surface area contributed by atoms with Crippen molar-refractivity contribution in [3.8, 4) is 5.75 Å². The Balaban J connectivity index is 2.35. The first-order valence-corrected chi connectivity index (χ1v) is 6.91. The van der Waals surface area contributed by atoms with E-state index >= 15 is 0 Å². The van der Waals surface area contributed by atoms with Gasteiger partial charge >= 0.3 is 0 Å². The topological polar surface area (TPSA) is 69.4 Å². The Morgan fingerprint density at radius 3 is 2.57 bits per heavy atom. The van der Waals surface area contributed by atoms with Crippen molar-refractivity contribution in [2.24, 2.45) is 5.84 Å². The van der Waals surface area contributed by atoms with Crippen molar-refractivity contribution >= 4 is 0 Å². The minimum Gasteiger partial charge on any atom is -0.495 e. The molecule has 0 aliphatic heterocycles. The molecule has 2 aromatic rings. The maximum Gasteiger partial charge on any atom is 0.137 e. The van der Waals surface area contributed by atoms with Crippen molar-refractivity contribution in [2.45, 2.75) is 19.1 Å². The van der Waals surface area contributed by atoms with E-state index in [9.17, 15) is 0 Å². The highest BCUT2D eigenvalue weighted by molar-refractivity contribution is 5.29. The van der Waals surface area contributed by atoms with Gasteiger partial charge in [0.05, 0.1) is 19.3 Å². The summed E-state index contributed by atoms with van der Waals surface area (Å²) in [6.07, 6.45) is 3.23. The van der Waals surface area contributed by atoms with E-state index in [1.54, 1.807) is 19.5 Å². The number of hydrazine groups is 1. The normalized spacial score (nSPS) is 13.7. The van der Waals surface area contributed by atoms with Gasteiger partial charge in [-0.25, -0.2) is 5.43 Å². The summed E-state index contributed by atoms with van der Waals surface area (Å²) in [5.74, 6) is 6.46. The van der Waals surface area contributed by atoms with Gasteiger partial charge in [-0.15, -0.1) is 0 Å². The van der Waals surface area contributed by atoms with Gasteiger partial charge in [0.25, 0.3) is 0 Å². The third-order valence-electron chi connectivity index (χ3n) is 3.29. The highest BCUT2D eigenvalue weighted by atomic mass is 16.5. The minimum atomic E-state index is -0.213. The molecule has 1 heterocycles. The van der Waals surface area contributed by atoms with Crippen LogP contribution in [0.4, 0.5) is 0 Å². The molecular weight excluding hydrogens is 266 g/mol. The fourth-order valence-corrected chi connectivity index (χ4v) is 2.28. The summed E-state index contributed by atoms with van der Waals surface area (Å²) in [5.41, 5.74) is 4.81. The first-order valence-electron chi connectivity index (χ1n) is 6.91. The van der Waals surface area contributed by atoms with Crippen LogP contribution in [-0.4, -0.2) is 18.7 Å². The zero-order chi connectivity index (χ0) is 15.1. The summed E-state index contributed by atoms with van der Waals surface area (Å²) in [6.45, 7) is 2.56. The Hall–Kier alpha value is -1.95. The van der Waals surface area contributed by atoms with Crippen molar-refractivity contribution < 1.29 is 9.47 Å². The number of methoxy groups -OCH3 is 1. The van der Waals surface area contributed by atoms with Crippen molar-refractivity contribution in [1.29, 1.82) is 0 Å². The van der Waals surface area contributed by atoms with E-state index in [0.29, 0.717) is 12.4 Å². The van der Waals surface area contributed by atoms with Crippen molar-refractivity contribution in [3.05, 3.63) is 59.9 Å². The Bertz CT molecular complexity index is 548. The molecule has 3 N–H and O–H groups in total. The van der Waals surface area contributed by atoms with E-state index in [1.165, 1.54) is 0 Å². The molecule has 2 rings (SSSR count). The third kappa shape index (κ3) is 3.78. The highest BCUT2D eigenvalue weighted by Crippen LogP contribution is 2.32. The molecule has 0 spiro atoms. The lowest BCUT2D eigenvalue weighted by Crippen LogP contribution is -2.34. The second-order valence-electron chi connectivity index (χ2n) is 4.59. The first kappa shape index (κ1) is 15.4. The average Bonchev–Trinajstić information content (AvgIpc) is 2.56. The summed E-state index contributed by atoms with van der Waals surface area (Å²) in [7, 11) is 1.61. The van der Waals surface area contributed by atoms with Gasteiger partial charge in [-0.1, -0.05) is 30.3 Å². The monoisotopic (exact) mass is 287 g/mol. The van der Waals surface area contributed by atoms with Crippen LogP contribution in [0.15, 0.2) is 48.8 Å². The molecular formula is C16H21N3O2. The number of nitrogens with one attached hydrogen (secondary N) is 1. The molecule has 0 aliphatic carbocycles. The number of benzene rings is 1. The SMILES string of the molecule is CCOC(c1ccccc1)C(NN)c1cncc(OC)c1. The first-order chi connectivity index (χ1) is 10.3. The van der Waals surface area contributed by atoms with Crippen LogP contribution in [0.1, 0.15) is 30.2 Å². The van der Waals surface area contributed by atoms with Crippen LogP contribution < -0.4 is 16.0 Å². The van der Waals surface area contributed by atoms with Crippen LogP contribution >= 0.6 is 0 Å². The van der Waals surface area contributed by atoms with Crippen LogP contribution in [0.3, 0.4) is 0 Å². The van der Waals surface area contributed by atoms with E-state index in [1.807, 2.05) is 43.3 Å². The molecule has 0 saturated carbocycles. The predicted molar refractivity (Wildman–Crippen MR) is 81.7 cm³/mol. The largest absolute Gasteiger partial charge is 0.495 e. The molecule has 0 aliphatic rings. The van der Waals surface area contributed by atoms with Gasteiger partial charge in [-0.05, 0) is 24.1 Å². The van der Waals surface area contributed by atoms with E-state index in [2.05, 4.69) is 10.4 Å². The molecule has 1 aromatic carbocycles. The lowest BCUT2D eigenvalue weighted by Gasteiger charge is -2.27. The Morgan fingerprint density at radius 1 is 1.19 bits per heavy atom. The summed E-state index contributed by atoms with van der Waals surface area (Å²) in [6, 6.07) is 11.7. The van der Waals surface area contributed by atoms with Crippen molar-refractivity contribution in [1.82, 2.24) is 10.4 Å². The van der Waals surface area contributed by atoms with Crippen LogP contribution in [0, 0.1) is 0 Å². The van der Waals surface area contributed by atoms with Crippen LogP contribution in [0.2, 0.25) is 0 Å². The second-order valence-corrected chi connectivity index (χ2v) is 4.59. The number of aromatic nitrogens is 1. The number of nitrogens with zero attached hydrogens (tertiary/aromatic N) is 1. The molecule has 5 nitrogen and oxygen atoms in total. The molecule has 0 saturated heterocycles. The molecule has 112 valence electrons. The van der Waals surface area contributed by atoms with E-state index in [0.717, 1.165) is 11.1 Å².